The molecule has 2 aromatic carbocycles. The second kappa shape index (κ2) is 7.29. The fourth-order valence-corrected chi connectivity index (χ4v) is 2.95. The Morgan fingerprint density at radius 3 is 2.08 bits per heavy atom. The first kappa shape index (κ1) is 17.5. The van der Waals surface area contributed by atoms with Crippen LogP contribution in [0, 0.1) is 0 Å². The summed E-state index contributed by atoms with van der Waals surface area (Å²) >= 11 is 0. The van der Waals surface area contributed by atoms with E-state index in [1.165, 1.54) is 0 Å². The molecule has 3 rings (SSSR count). The van der Waals surface area contributed by atoms with Gasteiger partial charge in [0.1, 0.15) is 0 Å². The Morgan fingerprint density at radius 1 is 0.960 bits per heavy atom. The van der Waals surface area contributed by atoms with E-state index < -0.39 is 12.2 Å². The van der Waals surface area contributed by atoms with Crippen molar-refractivity contribution in [2.45, 2.75) is 38.9 Å². The summed E-state index contributed by atoms with van der Waals surface area (Å²) in [4.78, 5) is 12.3. The van der Waals surface area contributed by atoms with Gasteiger partial charge in [0.25, 0.3) is 5.91 Å². The maximum Gasteiger partial charge on any atom is 0.256 e. The summed E-state index contributed by atoms with van der Waals surface area (Å²) in [6.07, 6.45) is 0.531. The predicted octanol–water partition coefficient (Wildman–Crippen LogP) is 2.77. The maximum atomic E-state index is 12.3. The fraction of sp³-hybridized carbons (Fsp3) is 0.421. The van der Waals surface area contributed by atoms with Gasteiger partial charge < -0.3 is 26.2 Å². The number of amides is 1. The predicted molar refractivity (Wildman–Crippen MR) is 101 cm³/mol. The first-order chi connectivity index (χ1) is 12.0. The Balaban J connectivity index is 1.92. The number of rotatable bonds is 8. The van der Waals surface area contributed by atoms with E-state index in [-0.39, 0.29) is 5.91 Å². The van der Waals surface area contributed by atoms with E-state index in [2.05, 4.69) is 16.0 Å². The third-order valence-electron chi connectivity index (χ3n) is 4.57. The largest absolute Gasteiger partial charge is 0.391 e. The molecule has 1 heterocycles. The molecule has 1 aliphatic heterocycles. The van der Waals surface area contributed by atoms with Crippen LogP contribution < -0.4 is 16.0 Å². The first-order valence-corrected chi connectivity index (χ1v) is 8.78. The van der Waals surface area contributed by atoms with Crippen molar-refractivity contribution in [3.63, 3.8) is 0 Å². The van der Waals surface area contributed by atoms with Crippen LogP contribution in [0.3, 0.4) is 0 Å². The van der Waals surface area contributed by atoms with Gasteiger partial charge in [0.15, 0.2) is 0 Å². The van der Waals surface area contributed by atoms with Gasteiger partial charge >= 0.3 is 0 Å². The van der Waals surface area contributed by atoms with Crippen LogP contribution in [0.1, 0.15) is 37.0 Å². The molecule has 25 heavy (non-hydrogen) atoms. The summed E-state index contributed by atoms with van der Waals surface area (Å²) in [7, 11) is 0. The number of hydrogen-bond acceptors (Lipinski definition) is 5. The molecule has 2 unspecified atom stereocenters. The molecular formula is C19H25N3O3. The number of nitrogens with one attached hydrogen (secondary N) is 3. The van der Waals surface area contributed by atoms with Gasteiger partial charge in [0.2, 0.25) is 0 Å². The highest BCUT2D eigenvalue weighted by Gasteiger charge is 2.23. The van der Waals surface area contributed by atoms with Crippen LogP contribution in [0.2, 0.25) is 0 Å². The van der Waals surface area contributed by atoms with Crippen molar-refractivity contribution in [3.05, 3.63) is 29.8 Å². The standard InChI is InChI=1S/C19H25N3O3/c1-3-14(23)9-20-12-5-11-6-13(21-10-15(24)4-2)8-17-18(11)16(7-12)19(25)22-17/h5-8,14-15,20-21,23-24H,3-4,9-10H2,1-2H3,(H,22,25). The molecule has 0 saturated heterocycles. The van der Waals surface area contributed by atoms with Crippen LogP contribution in [0.25, 0.3) is 10.8 Å². The summed E-state index contributed by atoms with van der Waals surface area (Å²) in [5, 5.41) is 30.6. The van der Waals surface area contributed by atoms with Crippen LogP contribution in [0.5, 0.6) is 0 Å². The second-order valence-electron chi connectivity index (χ2n) is 6.49. The number of aliphatic hydroxyl groups is 2. The van der Waals surface area contributed by atoms with E-state index in [1.54, 1.807) is 0 Å². The lowest BCUT2D eigenvalue weighted by atomic mass is 10.0. The summed E-state index contributed by atoms with van der Waals surface area (Å²) in [6, 6.07) is 7.68. The smallest absolute Gasteiger partial charge is 0.256 e. The molecule has 0 radical (unpaired) electrons. The number of carbonyl (C=O) groups excluding carboxylic acids is 1. The Kier molecular flexibility index (Phi) is 5.11. The molecule has 134 valence electrons. The van der Waals surface area contributed by atoms with Crippen LogP contribution in [-0.4, -0.2) is 41.4 Å². The third kappa shape index (κ3) is 3.70. The van der Waals surface area contributed by atoms with Gasteiger partial charge in [-0.1, -0.05) is 13.8 Å². The molecule has 0 aromatic heterocycles. The summed E-state index contributed by atoms with van der Waals surface area (Å²) < 4.78 is 0. The highest BCUT2D eigenvalue weighted by molar-refractivity contribution is 6.25. The highest BCUT2D eigenvalue weighted by Crippen LogP contribution is 2.37. The molecule has 0 aliphatic carbocycles. The normalized spacial score (nSPS) is 15.1. The molecular weight excluding hydrogens is 318 g/mol. The Labute approximate surface area is 147 Å². The van der Waals surface area contributed by atoms with Crippen LogP contribution >= 0.6 is 0 Å². The minimum absolute atomic E-state index is 0.120. The van der Waals surface area contributed by atoms with Crippen molar-refractivity contribution in [1.29, 1.82) is 0 Å². The van der Waals surface area contributed by atoms with E-state index in [0.717, 1.165) is 27.8 Å². The molecule has 1 amide bonds. The third-order valence-corrected chi connectivity index (χ3v) is 4.57. The number of aliphatic hydroxyl groups excluding tert-OH is 2. The molecule has 6 nitrogen and oxygen atoms in total. The zero-order valence-electron chi connectivity index (χ0n) is 14.6. The van der Waals surface area contributed by atoms with Gasteiger partial charge in [-0.15, -0.1) is 0 Å². The van der Waals surface area contributed by atoms with E-state index in [9.17, 15) is 15.0 Å². The topological polar surface area (TPSA) is 93.6 Å². The molecule has 6 heteroatoms. The lowest BCUT2D eigenvalue weighted by Gasteiger charge is -2.14. The highest BCUT2D eigenvalue weighted by atomic mass is 16.3. The van der Waals surface area contributed by atoms with Crippen molar-refractivity contribution < 1.29 is 15.0 Å². The molecule has 5 N–H and O–H groups in total. The lowest BCUT2D eigenvalue weighted by molar-refractivity contribution is 0.103. The number of hydrogen-bond donors (Lipinski definition) is 5. The minimum Gasteiger partial charge on any atom is -0.391 e. The fourth-order valence-electron chi connectivity index (χ4n) is 2.95. The monoisotopic (exact) mass is 343 g/mol. The summed E-state index contributed by atoms with van der Waals surface area (Å²) in [6.45, 7) is 4.76. The quantitative estimate of drug-likeness (QED) is 0.508. The van der Waals surface area contributed by atoms with Crippen LogP contribution in [0.15, 0.2) is 24.3 Å². The number of anilines is 3. The molecule has 0 saturated carbocycles. The minimum atomic E-state index is -0.419. The van der Waals surface area contributed by atoms with Crippen molar-refractivity contribution in [3.8, 4) is 0 Å². The Morgan fingerprint density at radius 2 is 1.52 bits per heavy atom. The van der Waals surface area contributed by atoms with Crippen molar-refractivity contribution in [1.82, 2.24) is 0 Å². The maximum absolute atomic E-state index is 12.3. The molecule has 1 aliphatic rings. The van der Waals surface area contributed by atoms with E-state index >= 15 is 0 Å². The molecule has 2 atom stereocenters. The van der Waals surface area contributed by atoms with E-state index in [4.69, 9.17) is 0 Å². The van der Waals surface area contributed by atoms with E-state index in [0.29, 0.717) is 31.5 Å². The second-order valence-corrected chi connectivity index (χ2v) is 6.49. The average molecular weight is 343 g/mol. The molecule has 0 spiro atoms. The van der Waals surface area contributed by atoms with Crippen LogP contribution in [0.4, 0.5) is 17.1 Å². The molecule has 2 aromatic rings. The van der Waals surface area contributed by atoms with Gasteiger partial charge in [-0.2, -0.15) is 0 Å². The van der Waals surface area contributed by atoms with E-state index in [1.807, 2.05) is 38.1 Å². The molecule has 0 fully saturated rings. The number of carbonyl (C=O) groups is 1. The Bertz CT molecular complexity index is 786. The van der Waals surface area contributed by atoms with Crippen molar-refractivity contribution >= 4 is 33.7 Å². The zero-order valence-corrected chi connectivity index (χ0v) is 14.6. The molecule has 0 bridgehead atoms. The van der Waals surface area contributed by atoms with Crippen molar-refractivity contribution in [2.24, 2.45) is 0 Å². The van der Waals surface area contributed by atoms with Crippen LogP contribution in [-0.2, 0) is 0 Å². The Hall–Kier alpha value is -2.31. The lowest BCUT2D eigenvalue weighted by Crippen LogP contribution is -2.18. The zero-order chi connectivity index (χ0) is 18.0. The first-order valence-electron chi connectivity index (χ1n) is 8.78. The SMILES string of the molecule is CCC(O)CNc1cc2c3c(cc(NCC(O)CC)cc3c1)C(=O)N2. The summed E-state index contributed by atoms with van der Waals surface area (Å²) in [5.41, 5.74) is 3.09. The van der Waals surface area contributed by atoms with Gasteiger partial charge in [0, 0.05) is 29.9 Å². The summed E-state index contributed by atoms with van der Waals surface area (Å²) in [5.74, 6) is -0.120. The van der Waals surface area contributed by atoms with Gasteiger partial charge in [-0.25, -0.2) is 0 Å². The average Bonchev–Trinajstić information content (AvgIpc) is 2.94. The van der Waals surface area contributed by atoms with Crippen molar-refractivity contribution in [2.75, 3.05) is 29.0 Å². The van der Waals surface area contributed by atoms with Gasteiger partial charge in [-0.05, 0) is 42.5 Å². The number of benzene rings is 2. The van der Waals surface area contributed by atoms with Gasteiger partial charge in [-0.3, -0.25) is 4.79 Å². The van der Waals surface area contributed by atoms with Gasteiger partial charge in [0.05, 0.1) is 23.5 Å².